The summed E-state index contributed by atoms with van der Waals surface area (Å²) in [5.74, 6) is 0. The van der Waals surface area contributed by atoms with Gasteiger partial charge in [0.25, 0.3) is 0 Å². The van der Waals surface area contributed by atoms with Crippen LogP contribution in [0.3, 0.4) is 0 Å². The lowest BCUT2D eigenvalue weighted by Gasteiger charge is -2.26. The van der Waals surface area contributed by atoms with Crippen LogP contribution in [0.4, 0.5) is 10.5 Å². The van der Waals surface area contributed by atoms with Gasteiger partial charge in [0, 0.05) is 6.54 Å². The molecule has 1 aliphatic rings. The minimum Gasteiger partial charge on any atom is -0.317 e. The van der Waals surface area contributed by atoms with E-state index in [9.17, 15) is 4.79 Å². The minimum atomic E-state index is -0.0819. The Kier molecular flexibility index (Phi) is 4.58. The molecule has 3 nitrogen and oxygen atoms in total. The second-order valence-corrected chi connectivity index (χ2v) is 6.53. The van der Waals surface area contributed by atoms with Crippen molar-refractivity contribution in [2.24, 2.45) is 0 Å². The van der Waals surface area contributed by atoms with Crippen molar-refractivity contribution in [1.29, 1.82) is 0 Å². The summed E-state index contributed by atoms with van der Waals surface area (Å²) in [6.45, 7) is 4.85. The Labute approximate surface area is 142 Å². The number of urea groups is 1. The van der Waals surface area contributed by atoms with E-state index >= 15 is 0 Å². The maximum Gasteiger partial charge on any atom is 0.322 e. The number of carbonyl (C=O) groups is 1. The van der Waals surface area contributed by atoms with Crippen LogP contribution in [-0.2, 0) is 0 Å². The van der Waals surface area contributed by atoms with Crippen LogP contribution in [-0.4, -0.2) is 17.5 Å². The summed E-state index contributed by atoms with van der Waals surface area (Å²) in [6.07, 6.45) is 2.02. The molecule has 0 radical (unpaired) electrons. The van der Waals surface area contributed by atoms with Crippen molar-refractivity contribution in [3.63, 3.8) is 0 Å². The average Bonchev–Trinajstić information content (AvgIpc) is 3.00. The molecular formula is C19H21ClN2O. The Morgan fingerprint density at radius 2 is 2.00 bits per heavy atom. The maximum absolute atomic E-state index is 12.7. The van der Waals surface area contributed by atoms with Crippen LogP contribution < -0.4 is 5.32 Å². The van der Waals surface area contributed by atoms with Crippen molar-refractivity contribution >= 4 is 23.3 Å². The fourth-order valence-electron chi connectivity index (χ4n) is 3.20. The van der Waals surface area contributed by atoms with Gasteiger partial charge in [-0.15, -0.1) is 0 Å². The largest absolute Gasteiger partial charge is 0.322 e. The van der Waals surface area contributed by atoms with Crippen LogP contribution in [0, 0.1) is 13.8 Å². The molecule has 1 heterocycles. The van der Waals surface area contributed by atoms with E-state index in [1.807, 2.05) is 42.2 Å². The van der Waals surface area contributed by atoms with Gasteiger partial charge in [-0.1, -0.05) is 41.9 Å². The standard InChI is InChI=1S/C19H21ClN2O/c1-13-9-10-17(16(20)12-13)21-19(23)22-11-5-8-18(22)15-7-4-3-6-14(15)2/h3-4,6-7,9-10,12,18H,5,8,11H2,1-2H3,(H,21,23)/t18-/m0/s1. The highest BCUT2D eigenvalue weighted by Gasteiger charge is 2.30. The first kappa shape index (κ1) is 15.9. The Morgan fingerprint density at radius 1 is 1.22 bits per heavy atom. The number of benzene rings is 2. The molecule has 0 spiro atoms. The molecule has 2 aromatic rings. The van der Waals surface area contributed by atoms with E-state index in [-0.39, 0.29) is 12.1 Å². The molecule has 0 aliphatic carbocycles. The van der Waals surface area contributed by atoms with Crippen LogP contribution in [0.5, 0.6) is 0 Å². The van der Waals surface area contributed by atoms with E-state index in [1.165, 1.54) is 11.1 Å². The summed E-state index contributed by atoms with van der Waals surface area (Å²) in [5, 5.41) is 3.53. The summed E-state index contributed by atoms with van der Waals surface area (Å²) >= 11 is 6.23. The topological polar surface area (TPSA) is 32.3 Å². The highest BCUT2D eigenvalue weighted by atomic mass is 35.5. The van der Waals surface area contributed by atoms with Crippen LogP contribution in [0.1, 0.15) is 35.6 Å². The van der Waals surface area contributed by atoms with Gasteiger partial charge < -0.3 is 10.2 Å². The third-order valence-corrected chi connectivity index (χ3v) is 4.74. The Balaban J connectivity index is 1.80. The molecule has 2 aromatic carbocycles. The molecule has 1 aliphatic heterocycles. The number of hydrogen-bond donors (Lipinski definition) is 1. The molecule has 23 heavy (non-hydrogen) atoms. The molecule has 3 rings (SSSR count). The van der Waals surface area contributed by atoms with Gasteiger partial charge in [-0.3, -0.25) is 0 Å². The molecule has 120 valence electrons. The summed E-state index contributed by atoms with van der Waals surface area (Å²) in [5.41, 5.74) is 4.20. The zero-order valence-electron chi connectivity index (χ0n) is 13.5. The summed E-state index contributed by atoms with van der Waals surface area (Å²) in [6, 6.07) is 14.0. The molecule has 0 saturated carbocycles. The Morgan fingerprint density at radius 3 is 2.74 bits per heavy atom. The monoisotopic (exact) mass is 328 g/mol. The van der Waals surface area contributed by atoms with E-state index in [0.717, 1.165) is 24.9 Å². The zero-order chi connectivity index (χ0) is 16.4. The van der Waals surface area contributed by atoms with Crippen LogP contribution >= 0.6 is 11.6 Å². The third-order valence-electron chi connectivity index (χ3n) is 4.43. The van der Waals surface area contributed by atoms with Gasteiger partial charge in [-0.25, -0.2) is 4.79 Å². The molecule has 1 N–H and O–H groups in total. The predicted molar refractivity (Wildman–Crippen MR) is 95.1 cm³/mol. The number of rotatable bonds is 2. The van der Waals surface area contributed by atoms with Crippen molar-refractivity contribution in [2.45, 2.75) is 32.7 Å². The fourth-order valence-corrected chi connectivity index (χ4v) is 3.48. The SMILES string of the molecule is Cc1ccc(NC(=O)N2CCC[C@H]2c2ccccc2C)c(Cl)c1. The Hall–Kier alpha value is -2.00. The molecular weight excluding hydrogens is 308 g/mol. The predicted octanol–water partition coefficient (Wildman–Crippen LogP) is 5.33. The van der Waals surface area contributed by atoms with Crippen molar-refractivity contribution in [2.75, 3.05) is 11.9 Å². The van der Waals surface area contributed by atoms with Gasteiger partial charge in [0.05, 0.1) is 16.8 Å². The summed E-state index contributed by atoms with van der Waals surface area (Å²) < 4.78 is 0. The third kappa shape index (κ3) is 3.35. The van der Waals surface area contributed by atoms with Crippen molar-refractivity contribution < 1.29 is 4.79 Å². The van der Waals surface area contributed by atoms with Gasteiger partial charge in [0.15, 0.2) is 0 Å². The maximum atomic E-state index is 12.7. The number of amides is 2. The lowest BCUT2D eigenvalue weighted by atomic mass is 9.99. The number of carbonyl (C=O) groups excluding carboxylic acids is 1. The lowest BCUT2D eigenvalue weighted by Crippen LogP contribution is -2.34. The van der Waals surface area contributed by atoms with Gasteiger partial charge >= 0.3 is 6.03 Å². The van der Waals surface area contributed by atoms with E-state index in [0.29, 0.717) is 10.7 Å². The van der Waals surface area contributed by atoms with Crippen molar-refractivity contribution in [1.82, 2.24) is 4.90 Å². The van der Waals surface area contributed by atoms with Crippen molar-refractivity contribution in [3.05, 3.63) is 64.2 Å². The number of nitrogens with one attached hydrogen (secondary N) is 1. The molecule has 1 atom stereocenters. The van der Waals surface area contributed by atoms with Crippen LogP contribution in [0.2, 0.25) is 5.02 Å². The van der Waals surface area contributed by atoms with Crippen molar-refractivity contribution in [3.8, 4) is 0 Å². The highest BCUT2D eigenvalue weighted by Crippen LogP contribution is 2.34. The number of anilines is 1. The number of halogens is 1. The second-order valence-electron chi connectivity index (χ2n) is 6.12. The van der Waals surface area contributed by atoms with E-state index in [2.05, 4.69) is 24.4 Å². The zero-order valence-corrected chi connectivity index (χ0v) is 14.2. The molecule has 1 saturated heterocycles. The van der Waals surface area contributed by atoms with Gasteiger partial charge in [0.1, 0.15) is 0 Å². The van der Waals surface area contributed by atoms with E-state index in [1.54, 1.807) is 0 Å². The second kappa shape index (κ2) is 6.63. The van der Waals surface area contributed by atoms with E-state index in [4.69, 9.17) is 11.6 Å². The molecule has 0 unspecified atom stereocenters. The first-order valence-corrected chi connectivity index (χ1v) is 8.33. The molecule has 0 bridgehead atoms. The highest BCUT2D eigenvalue weighted by molar-refractivity contribution is 6.33. The number of hydrogen-bond acceptors (Lipinski definition) is 1. The number of aryl methyl sites for hydroxylation is 2. The van der Waals surface area contributed by atoms with Crippen LogP contribution in [0.15, 0.2) is 42.5 Å². The number of nitrogens with zero attached hydrogens (tertiary/aromatic N) is 1. The fraction of sp³-hybridized carbons (Fsp3) is 0.316. The molecule has 4 heteroatoms. The summed E-state index contributed by atoms with van der Waals surface area (Å²) in [4.78, 5) is 14.6. The van der Waals surface area contributed by atoms with Crippen LogP contribution in [0.25, 0.3) is 0 Å². The number of likely N-dealkylation sites (tertiary alicyclic amines) is 1. The minimum absolute atomic E-state index is 0.0819. The quantitative estimate of drug-likeness (QED) is 0.794. The normalized spacial score (nSPS) is 17.3. The van der Waals surface area contributed by atoms with Gasteiger partial charge in [-0.2, -0.15) is 0 Å². The molecule has 1 fully saturated rings. The Bertz CT molecular complexity index is 729. The lowest BCUT2D eigenvalue weighted by molar-refractivity contribution is 0.207. The molecule has 0 aromatic heterocycles. The average molecular weight is 329 g/mol. The first-order valence-electron chi connectivity index (χ1n) is 7.95. The smallest absolute Gasteiger partial charge is 0.317 e. The summed E-state index contributed by atoms with van der Waals surface area (Å²) in [7, 11) is 0. The first-order chi connectivity index (χ1) is 11.1. The van der Waals surface area contributed by atoms with Gasteiger partial charge in [0.2, 0.25) is 0 Å². The van der Waals surface area contributed by atoms with E-state index < -0.39 is 0 Å². The van der Waals surface area contributed by atoms with Gasteiger partial charge in [-0.05, 0) is 55.5 Å². The molecule has 2 amide bonds.